The van der Waals surface area contributed by atoms with Crippen LogP contribution < -0.4 is 11.1 Å². The number of hydrogen-bond acceptors (Lipinski definition) is 3. The third-order valence-electron chi connectivity index (χ3n) is 2.21. The Hall–Kier alpha value is -1.81. The maximum atomic E-state index is 11.4. The second-order valence-electron chi connectivity index (χ2n) is 3.70. The minimum absolute atomic E-state index is 0.00275. The van der Waals surface area contributed by atoms with Crippen LogP contribution in [-0.2, 0) is 4.74 Å². The molecule has 1 amide bonds. The first-order valence-corrected chi connectivity index (χ1v) is 5.57. The summed E-state index contributed by atoms with van der Waals surface area (Å²) in [5, 5.41) is 2.63. The van der Waals surface area contributed by atoms with Gasteiger partial charge < -0.3 is 10.5 Å². The first kappa shape index (κ1) is 13.3. The molecule has 0 fully saturated rings. The van der Waals surface area contributed by atoms with E-state index in [-0.39, 0.29) is 6.04 Å². The second kappa shape index (κ2) is 7.46. The number of carbonyl (C=O) groups is 1. The predicted octanol–water partition coefficient (Wildman–Crippen LogP) is 2.53. The zero-order chi connectivity index (χ0) is 12.5. The van der Waals surface area contributed by atoms with E-state index in [9.17, 15) is 4.79 Å². The Kier molecular flexibility index (Phi) is 5.82. The Bertz CT molecular complexity index is 352. The van der Waals surface area contributed by atoms with Gasteiger partial charge in [-0.2, -0.15) is 0 Å². The van der Waals surface area contributed by atoms with Crippen LogP contribution in [0.1, 0.15) is 12.8 Å². The lowest BCUT2D eigenvalue weighted by Gasteiger charge is -2.10. The summed E-state index contributed by atoms with van der Waals surface area (Å²) in [6, 6.07) is 9.16. The van der Waals surface area contributed by atoms with E-state index >= 15 is 0 Å². The van der Waals surface area contributed by atoms with E-state index in [2.05, 4.69) is 11.9 Å². The van der Waals surface area contributed by atoms with Gasteiger partial charge >= 0.3 is 6.09 Å². The molecule has 0 saturated heterocycles. The highest BCUT2D eigenvalue weighted by Gasteiger charge is 2.04. The van der Waals surface area contributed by atoms with Crippen molar-refractivity contribution in [2.24, 2.45) is 5.73 Å². The fraction of sp³-hybridized carbons (Fsp3) is 0.308. The summed E-state index contributed by atoms with van der Waals surface area (Å²) >= 11 is 0. The van der Waals surface area contributed by atoms with Gasteiger partial charge in [-0.3, -0.25) is 5.32 Å². The highest BCUT2D eigenvalue weighted by atomic mass is 16.5. The molecule has 0 aliphatic carbocycles. The Labute approximate surface area is 101 Å². The Morgan fingerprint density at radius 2 is 2.18 bits per heavy atom. The third kappa shape index (κ3) is 5.73. The van der Waals surface area contributed by atoms with Crippen LogP contribution in [0.4, 0.5) is 10.5 Å². The van der Waals surface area contributed by atoms with E-state index in [1.807, 2.05) is 18.2 Å². The fourth-order valence-corrected chi connectivity index (χ4v) is 1.31. The number of rotatable bonds is 6. The van der Waals surface area contributed by atoms with Gasteiger partial charge in [0.05, 0.1) is 6.61 Å². The number of para-hydroxylation sites is 1. The van der Waals surface area contributed by atoms with Crippen LogP contribution in [0.25, 0.3) is 0 Å². The lowest BCUT2D eigenvalue weighted by atomic mass is 10.2. The summed E-state index contributed by atoms with van der Waals surface area (Å²) in [4.78, 5) is 11.4. The van der Waals surface area contributed by atoms with Gasteiger partial charge in [0, 0.05) is 11.7 Å². The van der Waals surface area contributed by atoms with Gasteiger partial charge in [0.25, 0.3) is 0 Å². The lowest BCUT2D eigenvalue weighted by molar-refractivity contribution is 0.157. The summed E-state index contributed by atoms with van der Waals surface area (Å²) in [6.07, 6.45) is 2.66. The van der Waals surface area contributed by atoms with E-state index in [1.54, 1.807) is 18.2 Å². The van der Waals surface area contributed by atoms with Crippen molar-refractivity contribution in [2.45, 2.75) is 18.9 Å². The largest absolute Gasteiger partial charge is 0.449 e. The lowest BCUT2D eigenvalue weighted by Crippen LogP contribution is -2.23. The Morgan fingerprint density at radius 3 is 2.82 bits per heavy atom. The second-order valence-corrected chi connectivity index (χ2v) is 3.70. The molecule has 1 aromatic carbocycles. The van der Waals surface area contributed by atoms with E-state index in [0.717, 1.165) is 6.42 Å². The molecule has 0 aliphatic rings. The van der Waals surface area contributed by atoms with Crippen molar-refractivity contribution in [1.82, 2.24) is 0 Å². The SMILES string of the molecule is C=CCC(N)CCOC(=O)Nc1ccccc1. The van der Waals surface area contributed by atoms with Gasteiger partial charge in [-0.25, -0.2) is 4.79 Å². The fourth-order valence-electron chi connectivity index (χ4n) is 1.31. The Balaban J connectivity index is 2.20. The molecule has 1 unspecified atom stereocenters. The van der Waals surface area contributed by atoms with Gasteiger partial charge in [0.1, 0.15) is 0 Å². The highest BCUT2D eigenvalue weighted by molar-refractivity contribution is 5.84. The predicted molar refractivity (Wildman–Crippen MR) is 68.8 cm³/mol. The molecular weight excluding hydrogens is 216 g/mol. The molecule has 0 heterocycles. The quantitative estimate of drug-likeness (QED) is 0.743. The number of hydrogen-bond donors (Lipinski definition) is 2. The molecule has 92 valence electrons. The van der Waals surface area contributed by atoms with Crippen LogP contribution in [-0.4, -0.2) is 18.7 Å². The molecule has 0 saturated carbocycles. The standard InChI is InChI=1S/C13H18N2O2/c1-2-6-11(14)9-10-17-13(16)15-12-7-4-3-5-8-12/h2-5,7-8,11H,1,6,9-10,14H2,(H,15,16). The minimum Gasteiger partial charge on any atom is -0.449 e. The first-order chi connectivity index (χ1) is 8.22. The monoisotopic (exact) mass is 234 g/mol. The van der Waals surface area contributed by atoms with Crippen molar-refractivity contribution >= 4 is 11.8 Å². The molecule has 4 nitrogen and oxygen atoms in total. The molecule has 0 spiro atoms. The zero-order valence-corrected chi connectivity index (χ0v) is 9.76. The molecule has 0 radical (unpaired) electrons. The smallest absolute Gasteiger partial charge is 0.411 e. The maximum Gasteiger partial charge on any atom is 0.411 e. The van der Waals surface area contributed by atoms with Gasteiger partial charge in [0.15, 0.2) is 0 Å². The molecule has 1 atom stereocenters. The third-order valence-corrected chi connectivity index (χ3v) is 2.21. The van der Waals surface area contributed by atoms with E-state index in [4.69, 9.17) is 10.5 Å². The minimum atomic E-state index is -0.456. The number of nitrogens with two attached hydrogens (primary N) is 1. The van der Waals surface area contributed by atoms with Crippen LogP contribution in [0.3, 0.4) is 0 Å². The average Bonchev–Trinajstić information content (AvgIpc) is 2.30. The maximum absolute atomic E-state index is 11.4. The molecule has 1 aromatic rings. The summed E-state index contributed by atoms with van der Waals surface area (Å²) in [5.41, 5.74) is 6.46. The number of anilines is 1. The number of benzene rings is 1. The van der Waals surface area contributed by atoms with Crippen LogP contribution in [0.5, 0.6) is 0 Å². The van der Waals surface area contributed by atoms with Crippen molar-refractivity contribution in [3.63, 3.8) is 0 Å². The average molecular weight is 234 g/mol. The molecule has 0 aliphatic heterocycles. The van der Waals surface area contributed by atoms with Crippen molar-refractivity contribution in [3.8, 4) is 0 Å². The zero-order valence-electron chi connectivity index (χ0n) is 9.76. The number of ether oxygens (including phenoxy) is 1. The molecule has 17 heavy (non-hydrogen) atoms. The molecular formula is C13H18N2O2. The van der Waals surface area contributed by atoms with Gasteiger partial charge in [0.2, 0.25) is 0 Å². The summed E-state index contributed by atoms with van der Waals surface area (Å²) < 4.78 is 5.00. The molecule has 4 heteroatoms. The van der Waals surface area contributed by atoms with Gasteiger partial charge in [-0.05, 0) is 25.0 Å². The number of nitrogens with one attached hydrogen (secondary N) is 1. The topological polar surface area (TPSA) is 64.3 Å². The molecule has 3 N–H and O–H groups in total. The summed E-state index contributed by atoms with van der Waals surface area (Å²) in [5.74, 6) is 0. The van der Waals surface area contributed by atoms with Crippen molar-refractivity contribution in [3.05, 3.63) is 43.0 Å². The van der Waals surface area contributed by atoms with Crippen molar-refractivity contribution < 1.29 is 9.53 Å². The van der Waals surface area contributed by atoms with E-state index < -0.39 is 6.09 Å². The Morgan fingerprint density at radius 1 is 1.47 bits per heavy atom. The highest BCUT2D eigenvalue weighted by Crippen LogP contribution is 2.05. The van der Waals surface area contributed by atoms with E-state index in [1.165, 1.54) is 0 Å². The molecule has 0 aromatic heterocycles. The van der Waals surface area contributed by atoms with Gasteiger partial charge in [-0.1, -0.05) is 24.3 Å². The first-order valence-electron chi connectivity index (χ1n) is 5.57. The van der Waals surface area contributed by atoms with Crippen molar-refractivity contribution in [1.29, 1.82) is 0 Å². The van der Waals surface area contributed by atoms with Crippen LogP contribution in [0.2, 0.25) is 0 Å². The summed E-state index contributed by atoms with van der Waals surface area (Å²) in [7, 11) is 0. The molecule has 0 bridgehead atoms. The van der Waals surface area contributed by atoms with Crippen LogP contribution in [0, 0.1) is 0 Å². The normalized spacial score (nSPS) is 11.6. The summed E-state index contributed by atoms with van der Waals surface area (Å²) in [6.45, 7) is 3.91. The molecule has 1 rings (SSSR count). The number of amides is 1. The number of carbonyl (C=O) groups excluding carboxylic acids is 1. The van der Waals surface area contributed by atoms with E-state index in [0.29, 0.717) is 18.7 Å². The van der Waals surface area contributed by atoms with Gasteiger partial charge in [-0.15, -0.1) is 6.58 Å². The van der Waals surface area contributed by atoms with Crippen LogP contribution >= 0.6 is 0 Å². The van der Waals surface area contributed by atoms with Crippen LogP contribution in [0.15, 0.2) is 43.0 Å². The van der Waals surface area contributed by atoms with Crippen molar-refractivity contribution in [2.75, 3.05) is 11.9 Å².